The van der Waals surface area contributed by atoms with Crippen LogP contribution in [0.4, 0.5) is 9.93 Å². The van der Waals surface area contributed by atoms with E-state index in [2.05, 4.69) is 28.5 Å². The molecule has 30 heavy (non-hydrogen) atoms. The number of thioether (sulfide) groups is 1. The van der Waals surface area contributed by atoms with E-state index < -0.39 is 0 Å². The number of amides is 3. The topological polar surface area (TPSA) is 79.4 Å². The monoisotopic (exact) mass is 437 g/mol. The summed E-state index contributed by atoms with van der Waals surface area (Å²) in [5.74, 6) is -0.319. The molecule has 1 aliphatic rings. The Bertz CT molecular complexity index is 1140. The molecule has 1 saturated heterocycles. The fourth-order valence-corrected chi connectivity index (χ4v) is 4.59. The summed E-state index contributed by atoms with van der Waals surface area (Å²) >= 11 is 2.37. The predicted molar refractivity (Wildman–Crippen MR) is 120 cm³/mol. The first-order valence-corrected chi connectivity index (χ1v) is 11.2. The molecule has 0 atom stereocenters. The Morgan fingerprint density at radius 2 is 2.00 bits per heavy atom. The first-order chi connectivity index (χ1) is 14.4. The highest BCUT2D eigenvalue weighted by Crippen LogP contribution is 2.28. The van der Waals surface area contributed by atoms with Crippen molar-refractivity contribution in [3.05, 3.63) is 70.1 Å². The highest BCUT2D eigenvalue weighted by Gasteiger charge is 2.29. The van der Waals surface area contributed by atoms with Gasteiger partial charge < -0.3 is 0 Å². The Balaban J connectivity index is 1.48. The SMILES string of the molecule is Cc1ccc(C)c(-c2csc(NC(=O)c3cccc(CN4C(=O)CSC4=O)c3)n2)c1. The molecule has 1 aromatic heterocycles. The van der Waals surface area contributed by atoms with Crippen LogP contribution < -0.4 is 5.32 Å². The molecule has 3 aromatic rings. The maximum atomic E-state index is 12.7. The van der Waals surface area contributed by atoms with Crippen LogP contribution in [0.5, 0.6) is 0 Å². The van der Waals surface area contributed by atoms with Gasteiger partial charge in [0.25, 0.3) is 11.1 Å². The second-order valence-corrected chi connectivity index (χ2v) is 8.83. The van der Waals surface area contributed by atoms with E-state index >= 15 is 0 Å². The molecule has 1 fully saturated rings. The molecule has 1 N–H and O–H groups in total. The molecule has 1 aliphatic heterocycles. The van der Waals surface area contributed by atoms with Crippen LogP contribution in [0.25, 0.3) is 11.3 Å². The number of carbonyl (C=O) groups is 3. The lowest BCUT2D eigenvalue weighted by Gasteiger charge is -2.13. The summed E-state index contributed by atoms with van der Waals surface area (Å²) in [6.07, 6.45) is 0. The highest BCUT2D eigenvalue weighted by molar-refractivity contribution is 8.14. The van der Waals surface area contributed by atoms with Crippen LogP contribution >= 0.6 is 23.1 Å². The maximum Gasteiger partial charge on any atom is 0.289 e. The average Bonchev–Trinajstić information content (AvgIpc) is 3.32. The number of thiazole rings is 1. The summed E-state index contributed by atoms with van der Waals surface area (Å²) in [7, 11) is 0. The molecule has 0 radical (unpaired) electrons. The minimum atomic E-state index is -0.285. The third kappa shape index (κ3) is 4.29. The molecular formula is C22H19N3O3S2. The minimum Gasteiger partial charge on any atom is -0.298 e. The number of anilines is 1. The van der Waals surface area contributed by atoms with E-state index in [0.717, 1.165) is 39.7 Å². The molecule has 6 nitrogen and oxygen atoms in total. The van der Waals surface area contributed by atoms with Gasteiger partial charge in [0.2, 0.25) is 5.91 Å². The second kappa shape index (κ2) is 8.41. The van der Waals surface area contributed by atoms with Crippen LogP contribution in [-0.4, -0.2) is 32.7 Å². The van der Waals surface area contributed by atoms with E-state index in [9.17, 15) is 14.4 Å². The van der Waals surface area contributed by atoms with Crippen LogP contribution in [0, 0.1) is 13.8 Å². The third-order valence-corrected chi connectivity index (χ3v) is 6.38. The molecule has 0 aliphatic carbocycles. The molecule has 0 bridgehead atoms. The molecule has 0 saturated carbocycles. The van der Waals surface area contributed by atoms with Crippen molar-refractivity contribution in [3.8, 4) is 11.3 Å². The molecular weight excluding hydrogens is 418 g/mol. The number of aryl methyl sites for hydroxylation is 2. The molecule has 8 heteroatoms. The minimum absolute atomic E-state index is 0.166. The predicted octanol–water partition coefficient (Wildman–Crippen LogP) is 4.87. The zero-order valence-electron chi connectivity index (χ0n) is 16.5. The zero-order chi connectivity index (χ0) is 21.3. The van der Waals surface area contributed by atoms with E-state index in [1.165, 1.54) is 16.2 Å². The van der Waals surface area contributed by atoms with Gasteiger partial charge in [0.15, 0.2) is 5.13 Å². The number of nitrogens with one attached hydrogen (secondary N) is 1. The van der Waals surface area contributed by atoms with Gasteiger partial charge in [0, 0.05) is 16.5 Å². The largest absolute Gasteiger partial charge is 0.298 e. The van der Waals surface area contributed by atoms with Crippen LogP contribution in [0.15, 0.2) is 47.8 Å². The standard InChI is InChI=1S/C22H19N3O3S2/c1-13-6-7-14(2)17(8-13)18-11-29-21(23-18)24-20(27)16-5-3-4-15(9-16)10-25-19(26)12-30-22(25)28/h3-9,11H,10,12H2,1-2H3,(H,23,24,27). The summed E-state index contributed by atoms with van der Waals surface area (Å²) in [4.78, 5) is 42.1. The van der Waals surface area contributed by atoms with Crippen molar-refractivity contribution < 1.29 is 14.4 Å². The Morgan fingerprint density at radius 1 is 1.17 bits per heavy atom. The summed E-state index contributed by atoms with van der Waals surface area (Å²) in [5, 5.41) is 5.03. The Kier molecular flexibility index (Phi) is 5.69. The van der Waals surface area contributed by atoms with E-state index in [4.69, 9.17) is 0 Å². The van der Waals surface area contributed by atoms with Crippen molar-refractivity contribution in [1.82, 2.24) is 9.88 Å². The quantitative estimate of drug-likeness (QED) is 0.616. The van der Waals surface area contributed by atoms with Gasteiger partial charge in [-0.25, -0.2) is 4.98 Å². The van der Waals surface area contributed by atoms with Crippen molar-refractivity contribution in [1.29, 1.82) is 0 Å². The van der Waals surface area contributed by atoms with Crippen LogP contribution in [0.2, 0.25) is 0 Å². The summed E-state index contributed by atoms with van der Waals surface area (Å²) in [6.45, 7) is 4.24. The molecule has 0 spiro atoms. The number of hydrogen-bond acceptors (Lipinski definition) is 6. The first-order valence-electron chi connectivity index (χ1n) is 9.31. The van der Waals surface area contributed by atoms with Gasteiger partial charge in [-0.3, -0.25) is 24.6 Å². The van der Waals surface area contributed by atoms with Gasteiger partial charge in [-0.1, -0.05) is 41.6 Å². The molecule has 4 rings (SSSR count). The maximum absolute atomic E-state index is 12.7. The van der Waals surface area contributed by atoms with Gasteiger partial charge in [-0.05, 0) is 43.2 Å². The highest BCUT2D eigenvalue weighted by atomic mass is 32.2. The van der Waals surface area contributed by atoms with E-state index in [1.54, 1.807) is 24.3 Å². The number of carbonyl (C=O) groups excluding carboxylic acids is 3. The molecule has 0 unspecified atom stereocenters. The van der Waals surface area contributed by atoms with Crippen molar-refractivity contribution in [2.45, 2.75) is 20.4 Å². The normalized spacial score (nSPS) is 13.7. The lowest BCUT2D eigenvalue weighted by molar-refractivity contribution is -0.125. The van der Waals surface area contributed by atoms with Crippen LogP contribution in [-0.2, 0) is 11.3 Å². The van der Waals surface area contributed by atoms with Gasteiger partial charge in [0.1, 0.15) is 0 Å². The third-order valence-electron chi connectivity index (χ3n) is 4.76. The van der Waals surface area contributed by atoms with E-state index in [0.29, 0.717) is 10.7 Å². The van der Waals surface area contributed by atoms with Gasteiger partial charge in [0.05, 0.1) is 18.0 Å². The molecule has 3 amide bonds. The Morgan fingerprint density at radius 3 is 2.77 bits per heavy atom. The second-order valence-electron chi connectivity index (χ2n) is 7.05. The van der Waals surface area contributed by atoms with Crippen LogP contribution in [0.3, 0.4) is 0 Å². The van der Waals surface area contributed by atoms with Crippen molar-refractivity contribution in [3.63, 3.8) is 0 Å². The lowest BCUT2D eigenvalue weighted by Crippen LogP contribution is -2.28. The van der Waals surface area contributed by atoms with Gasteiger partial charge >= 0.3 is 0 Å². The van der Waals surface area contributed by atoms with E-state index in [-0.39, 0.29) is 29.4 Å². The van der Waals surface area contributed by atoms with Gasteiger partial charge in [-0.15, -0.1) is 11.3 Å². The number of aromatic nitrogens is 1. The lowest BCUT2D eigenvalue weighted by atomic mass is 10.0. The fraction of sp³-hybridized carbons (Fsp3) is 0.182. The number of nitrogens with zero attached hydrogens (tertiary/aromatic N) is 2. The number of rotatable bonds is 5. The average molecular weight is 438 g/mol. The Hall–Kier alpha value is -2.97. The molecule has 152 valence electrons. The van der Waals surface area contributed by atoms with E-state index in [1.807, 2.05) is 19.2 Å². The van der Waals surface area contributed by atoms with Crippen molar-refractivity contribution in [2.24, 2.45) is 0 Å². The first kappa shape index (κ1) is 20.3. The Labute approximate surface area is 182 Å². The molecule has 2 aromatic carbocycles. The van der Waals surface area contributed by atoms with Crippen molar-refractivity contribution >= 4 is 45.3 Å². The number of hydrogen-bond donors (Lipinski definition) is 1. The fourth-order valence-electron chi connectivity index (χ4n) is 3.16. The molecule has 2 heterocycles. The zero-order valence-corrected chi connectivity index (χ0v) is 18.1. The summed E-state index contributed by atoms with van der Waals surface area (Å²) < 4.78 is 0. The van der Waals surface area contributed by atoms with Crippen molar-refractivity contribution in [2.75, 3.05) is 11.1 Å². The van der Waals surface area contributed by atoms with Gasteiger partial charge in [-0.2, -0.15) is 0 Å². The smallest absolute Gasteiger partial charge is 0.289 e. The number of benzene rings is 2. The van der Waals surface area contributed by atoms with Crippen LogP contribution in [0.1, 0.15) is 27.0 Å². The number of imide groups is 1. The summed E-state index contributed by atoms with van der Waals surface area (Å²) in [5.41, 5.74) is 5.32. The summed E-state index contributed by atoms with van der Waals surface area (Å²) in [6, 6.07) is 13.1.